The van der Waals surface area contributed by atoms with Crippen molar-refractivity contribution in [1.82, 2.24) is 0 Å². The van der Waals surface area contributed by atoms with Gasteiger partial charge in [0.2, 0.25) is 0 Å². The van der Waals surface area contributed by atoms with E-state index in [9.17, 15) is 0 Å². The van der Waals surface area contributed by atoms with Crippen molar-refractivity contribution >= 4 is 34.0 Å². The van der Waals surface area contributed by atoms with Crippen LogP contribution in [0.5, 0.6) is 0 Å². The van der Waals surface area contributed by atoms with Crippen LogP contribution in [0.25, 0.3) is 27.8 Å². The van der Waals surface area contributed by atoms with Crippen LogP contribution in [0.1, 0.15) is 11.3 Å². The zero-order chi connectivity index (χ0) is 12.5. The fourth-order valence-corrected chi connectivity index (χ4v) is 2.23. The monoisotopic (exact) mass is 235 g/mol. The normalized spacial score (nSPS) is 11.6. The van der Waals surface area contributed by atoms with Crippen molar-refractivity contribution in [2.45, 2.75) is 0 Å². The molecular weight excluding hydrogens is 222 g/mol. The van der Waals surface area contributed by atoms with Gasteiger partial charge in [-0.1, -0.05) is 30.8 Å². The van der Waals surface area contributed by atoms with E-state index < -0.39 is 0 Å². The number of aliphatic imine (C=N–C) groups is 1. The standard InChI is InChI=1S/C16H13NO/c1-3-15-14(10-17-2)13-8-11-6-4-5-7-12(11)9-16(13)18-15/h3-10H,1H2,2H3/b17-10-. The van der Waals surface area contributed by atoms with Gasteiger partial charge in [-0.15, -0.1) is 0 Å². The SMILES string of the molecule is C=Cc1oc2cc3ccccc3cc2c1/C=N\C. The number of hydrogen-bond donors (Lipinski definition) is 0. The smallest absolute Gasteiger partial charge is 0.136 e. The van der Waals surface area contributed by atoms with E-state index in [1.165, 1.54) is 10.8 Å². The molecule has 3 aromatic rings. The highest BCUT2D eigenvalue weighted by Gasteiger charge is 2.10. The van der Waals surface area contributed by atoms with Gasteiger partial charge in [-0.25, -0.2) is 0 Å². The van der Waals surface area contributed by atoms with Gasteiger partial charge in [0.15, 0.2) is 0 Å². The third kappa shape index (κ3) is 1.54. The van der Waals surface area contributed by atoms with E-state index in [4.69, 9.17) is 4.42 Å². The lowest BCUT2D eigenvalue weighted by Gasteiger charge is -1.97. The molecule has 2 aromatic carbocycles. The number of hydrogen-bond acceptors (Lipinski definition) is 2. The van der Waals surface area contributed by atoms with Crippen LogP contribution in [-0.4, -0.2) is 13.3 Å². The molecule has 0 atom stereocenters. The molecule has 3 rings (SSSR count). The van der Waals surface area contributed by atoms with E-state index in [1.807, 2.05) is 18.3 Å². The van der Waals surface area contributed by atoms with Crippen LogP contribution >= 0.6 is 0 Å². The Hall–Kier alpha value is -2.35. The summed E-state index contributed by atoms with van der Waals surface area (Å²) in [6.45, 7) is 3.78. The zero-order valence-corrected chi connectivity index (χ0v) is 10.2. The van der Waals surface area contributed by atoms with E-state index in [1.54, 1.807) is 13.1 Å². The lowest BCUT2D eigenvalue weighted by molar-refractivity contribution is 0.604. The molecule has 0 saturated heterocycles. The van der Waals surface area contributed by atoms with Gasteiger partial charge in [0, 0.05) is 24.2 Å². The van der Waals surface area contributed by atoms with Gasteiger partial charge in [-0.2, -0.15) is 0 Å². The Morgan fingerprint density at radius 2 is 1.89 bits per heavy atom. The summed E-state index contributed by atoms with van der Waals surface area (Å²) < 4.78 is 5.80. The van der Waals surface area contributed by atoms with Gasteiger partial charge < -0.3 is 4.42 Å². The molecule has 0 bridgehead atoms. The summed E-state index contributed by atoms with van der Waals surface area (Å²) in [5.74, 6) is 0.769. The molecule has 0 saturated carbocycles. The van der Waals surface area contributed by atoms with Crippen LogP contribution in [0.2, 0.25) is 0 Å². The fourth-order valence-electron chi connectivity index (χ4n) is 2.23. The summed E-state index contributed by atoms with van der Waals surface area (Å²) in [7, 11) is 1.76. The van der Waals surface area contributed by atoms with Gasteiger partial charge in [0.05, 0.1) is 0 Å². The molecule has 1 heterocycles. The number of rotatable bonds is 2. The molecule has 0 aliphatic carbocycles. The van der Waals surface area contributed by atoms with Crippen LogP contribution in [0, 0.1) is 0 Å². The largest absolute Gasteiger partial charge is 0.456 e. The van der Waals surface area contributed by atoms with Crippen LogP contribution < -0.4 is 0 Å². The average Bonchev–Trinajstić information content (AvgIpc) is 2.74. The minimum absolute atomic E-state index is 0.769. The molecule has 18 heavy (non-hydrogen) atoms. The van der Waals surface area contributed by atoms with E-state index in [0.717, 1.165) is 22.3 Å². The molecule has 2 nitrogen and oxygen atoms in total. The van der Waals surface area contributed by atoms with Crippen LogP contribution in [0.4, 0.5) is 0 Å². The van der Waals surface area contributed by atoms with Gasteiger partial charge in [-0.3, -0.25) is 4.99 Å². The molecular formula is C16H13NO. The average molecular weight is 235 g/mol. The Morgan fingerprint density at radius 3 is 2.56 bits per heavy atom. The number of furan rings is 1. The number of benzene rings is 2. The van der Waals surface area contributed by atoms with Gasteiger partial charge >= 0.3 is 0 Å². The van der Waals surface area contributed by atoms with E-state index in [0.29, 0.717) is 0 Å². The quantitative estimate of drug-likeness (QED) is 0.609. The third-order valence-corrected chi connectivity index (χ3v) is 3.07. The van der Waals surface area contributed by atoms with Crippen molar-refractivity contribution in [3.63, 3.8) is 0 Å². The second-order valence-electron chi connectivity index (χ2n) is 4.17. The lowest BCUT2D eigenvalue weighted by Crippen LogP contribution is -1.81. The first kappa shape index (κ1) is 10.8. The van der Waals surface area contributed by atoms with Crippen molar-refractivity contribution in [3.8, 4) is 0 Å². The Labute approximate surface area is 105 Å². The molecule has 0 unspecified atom stereocenters. The number of nitrogens with zero attached hydrogens (tertiary/aromatic N) is 1. The maximum Gasteiger partial charge on any atom is 0.136 e. The van der Waals surface area contributed by atoms with Gasteiger partial charge in [0.1, 0.15) is 11.3 Å². The van der Waals surface area contributed by atoms with Crippen LogP contribution in [0.3, 0.4) is 0 Å². The molecule has 88 valence electrons. The lowest BCUT2D eigenvalue weighted by atomic mass is 10.1. The van der Waals surface area contributed by atoms with Gasteiger partial charge in [0.25, 0.3) is 0 Å². The molecule has 0 radical (unpaired) electrons. The summed E-state index contributed by atoms with van der Waals surface area (Å²) >= 11 is 0. The minimum atomic E-state index is 0.769. The highest BCUT2D eigenvalue weighted by molar-refractivity contribution is 6.06. The first-order valence-corrected chi connectivity index (χ1v) is 5.83. The predicted molar refractivity (Wildman–Crippen MR) is 77.3 cm³/mol. The second kappa shape index (κ2) is 4.15. The molecule has 0 aliphatic rings. The van der Waals surface area contributed by atoms with Crippen LogP contribution in [0.15, 0.2) is 52.4 Å². The third-order valence-electron chi connectivity index (χ3n) is 3.07. The molecule has 0 spiro atoms. The maximum absolute atomic E-state index is 5.80. The van der Waals surface area contributed by atoms with Gasteiger partial charge in [-0.05, 0) is 29.0 Å². The highest BCUT2D eigenvalue weighted by Crippen LogP contribution is 2.29. The van der Waals surface area contributed by atoms with Crippen molar-refractivity contribution in [2.24, 2.45) is 4.99 Å². The molecule has 0 N–H and O–H groups in total. The maximum atomic E-state index is 5.80. The summed E-state index contributed by atoms with van der Waals surface area (Å²) in [5.41, 5.74) is 1.87. The zero-order valence-electron chi connectivity index (χ0n) is 10.2. The van der Waals surface area contributed by atoms with Crippen molar-refractivity contribution in [2.75, 3.05) is 7.05 Å². The first-order valence-electron chi connectivity index (χ1n) is 5.83. The van der Waals surface area contributed by atoms with Crippen molar-refractivity contribution < 1.29 is 4.42 Å². The van der Waals surface area contributed by atoms with E-state index >= 15 is 0 Å². The first-order chi connectivity index (χ1) is 8.83. The summed E-state index contributed by atoms with van der Waals surface area (Å²) in [6.07, 6.45) is 3.54. The minimum Gasteiger partial charge on any atom is -0.456 e. The highest BCUT2D eigenvalue weighted by atomic mass is 16.3. The predicted octanol–water partition coefficient (Wildman–Crippen LogP) is 4.28. The Bertz CT molecular complexity index is 765. The van der Waals surface area contributed by atoms with Crippen molar-refractivity contribution in [3.05, 3.63) is 54.3 Å². The van der Waals surface area contributed by atoms with E-state index in [2.05, 4.69) is 35.8 Å². The fraction of sp³-hybridized carbons (Fsp3) is 0.0625. The second-order valence-corrected chi connectivity index (χ2v) is 4.17. The summed E-state index contributed by atoms with van der Waals surface area (Å²) in [4.78, 5) is 4.08. The molecule has 2 heteroatoms. The van der Waals surface area contributed by atoms with E-state index in [-0.39, 0.29) is 0 Å². The molecule has 1 aromatic heterocycles. The molecule has 0 amide bonds. The topological polar surface area (TPSA) is 25.5 Å². The Morgan fingerprint density at radius 1 is 1.17 bits per heavy atom. The Kier molecular flexibility index (Phi) is 2.49. The molecule has 0 fully saturated rings. The van der Waals surface area contributed by atoms with Crippen molar-refractivity contribution in [1.29, 1.82) is 0 Å². The number of fused-ring (bicyclic) bond motifs is 2. The molecule has 0 aliphatic heterocycles. The van der Waals surface area contributed by atoms with Crippen LogP contribution in [-0.2, 0) is 0 Å². The Balaban J connectivity index is 2.44. The summed E-state index contributed by atoms with van der Waals surface area (Å²) in [5, 5.41) is 3.45. The summed E-state index contributed by atoms with van der Waals surface area (Å²) in [6, 6.07) is 12.4.